The van der Waals surface area contributed by atoms with Gasteiger partial charge in [-0.1, -0.05) is 121 Å². The number of rotatable bonds is 10. The van der Waals surface area contributed by atoms with Gasteiger partial charge in [0, 0.05) is 10.8 Å². The summed E-state index contributed by atoms with van der Waals surface area (Å²) in [6, 6.07) is 21.4. The van der Waals surface area contributed by atoms with E-state index in [1.807, 2.05) is 37.3 Å². The fourth-order valence-corrected chi connectivity index (χ4v) is 6.97. The lowest BCUT2D eigenvalue weighted by molar-refractivity contribution is -0.114. The summed E-state index contributed by atoms with van der Waals surface area (Å²) >= 11 is 1.25. The predicted molar refractivity (Wildman–Crippen MR) is 155 cm³/mol. The molecule has 0 aliphatic heterocycles. The predicted octanol–water partition coefficient (Wildman–Crippen LogP) is 8.03. The topological polar surface area (TPSA) is 63.2 Å². The van der Waals surface area contributed by atoms with Crippen molar-refractivity contribution >= 4 is 26.9 Å². The van der Waals surface area contributed by atoms with Gasteiger partial charge < -0.3 is 0 Å². The molecule has 0 saturated carbocycles. The highest BCUT2D eigenvalue weighted by molar-refractivity contribution is 8.13. The maximum atomic E-state index is 13.8. The van der Waals surface area contributed by atoms with E-state index < -0.39 is 22.0 Å². The van der Waals surface area contributed by atoms with Gasteiger partial charge in [-0.05, 0) is 52.1 Å². The smallest absolute Gasteiger partial charge is 0.241 e. The van der Waals surface area contributed by atoms with Crippen LogP contribution in [0.2, 0.25) is 0 Å². The minimum Gasteiger partial charge on any atom is -0.286 e. The number of benzene rings is 3. The first-order valence-corrected chi connectivity index (χ1v) is 15.2. The summed E-state index contributed by atoms with van der Waals surface area (Å²) in [6.45, 7) is 14.8. The molecule has 0 aliphatic carbocycles. The quantitative estimate of drug-likeness (QED) is 0.266. The second-order valence-corrected chi connectivity index (χ2v) is 13.3. The van der Waals surface area contributed by atoms with Crippen LogP contribution in [-0.2, 0) is 14.8 Å². The SMILES string of the molecule is CC(C)c1cc(C(C)C)c(SC(=O)C(C)C(NS(=O)(=O)c2ccccc2)c2ccccc2)c(C(C)C)c1. The molecule has 4 nitrogen and oxygen atoms in total. The maximum absolute atomic E-state index is 13.8. The second kappa shape index (κ2) is 12.4. The Morgan fingerprint density at radius 3 is 1.65 bits per heavy atom. The molecule has 0 heterocycles. The van der Waals surface area contributed by atoms with E-state index in [-0.39, 0.29) is 21.8 Å². The summed E-state index contributed by atoms with van der Waals surface area (Å²) in [4.78, 5) is 15.0. The van der Waals surface area contributed by atoms with Crippen LogP contribution >= 0.6 is 11.8 Å². The highest BCUT2D eigenvalue weighted by atomic mass is 32.2. The Morgan fingerprint density at radius 1 is 0.703 bits per heavy atom. The molecule has 0 amide bonds. The molecule has 6 heteroatoms. The average molecular weight is 538 g/mol. The molecule has 0 aliphatic rings. The molecule has 37 heavy (non-hydrogen) atoms. The van der Waals surface area contributed by atoms with Crippen LogP contribution in [0.4, 0.5) is 0 Å². The standard InChI is InChI=1S/C31H39NO3S2/c1-20(2)25-18-27(21(3)4)30(28(19-25)22(5)6)36-31(33)23(7)29(24-14-10-8-11-15-24)32-37(34,35)26-16-12-9-13-17-26/h8-23,29,32H,1-7H3. The summed E-state index contributed by atoms with van der Waals surface area (Å²) in [5.74, 6) is 0.292. The highest BCUT2D eigenvalue weighted by Gasteiger charge is 2.32. The zero-order valence-electron chi connectivity index (χ0n) is 22.9. The molecule has 2 atom stereocenters. The van der Waals surface area contributed by atoms with Crippen LogP contribution in [0.25, 0.3) is 0 Å². The minimum absolute atomic E-state index is 0.0642. The van der Waals surface area contributed by atoms with Crippen molar-refractivity contribution in [3.63, 3.8) is 0 Å². The van der Waals surface area contributed by atoms with Crippen LogP contribution in [0.5, 0.6) is 0 Å². The van der Waals surface area contributed by atoms with E-state index in [9.17, 15) is 13.2 Å². The number of hydrogen-bond donors (Lipinski definition) is 1. The Bertz CT molecular complexity index is 1270. The van der Waals surface area contributed by atoms with Gasteiger partial charge in [-0.3, -0.25) is 4.79 Å². The van der Waals surface area contributed by atoms with Crippen molar-refractivity contribution in [3.8, 4) is 0 Å². The Labute approximate surface area is 227 Å². The summed E-state index contributed by atoms with van der Waals surface area (Å²) in [5.41, 5.74) is 4.37. The van der Waals surface area contributed by atoms with E-state index in [4.69, 9.17) is 0 Å². The first-order valence-electron chi connectivity index (χ1n) is 12.9. The van der Waals surface area contributed by atoms with E-state index >= 15 is 0 Å². The molecule has 0 spiro atoms. The Morgan fingerprint density at radius 2 is 1.19 bits per heavy atom. The third kappa shape index (κ3) is 7.13. The number of thioether (sulfide) groups is 1. The monoisotopic (exact) mass is 537 g/mol. The molecular weight excluding hydrogens is 498 g/mol. The molecule has 3 rings (SSSR count). The summed E-state index contributed by atoms with van der Waals surface area (Å²) < 4.78 is 29.3. The number of carbonyl (C=O) groups excluding carboxylic acids is 1. The van der Waals surface area contributed by atoms with Gasteiger partial charge in [0.25, 0.3) is 0 Å². The first kappa shape index (κ1) is 29.2. The third-order valence-corrected chi connectivity index (χ3v) is 9.35. The fraction of sp³-hybridized carbons (Fsp3) is 0.387. The van der Waals surface area contributed by atoms with E-state index in [1.165, 1.54) is 28.5 Å². The minimum atomic E-state index is -3.83. The lowest BCUT2D eigenvalue weighted by atomic mass is 9.89. The van der Waals surface area contributed by atoms with Crippen molar-refractivity contribution in [1.82, 2.24) is 4.72 Å². The summed E-state index contributed by atoms with van der Waals surface area (Å²) in [7, 11) is -3.83. The van der Waals surface area contributed by atoms with E-state index in [2.05, 4.69) is 58.4 Å². The van der Waals surface area contributed by atoms with E-state index in [0.29, 0.717) is 5.92 Å². The largest absolute Gasteiger partial charge is 0.286 e. The Hall–Kier alpha value is -2.41. The van der Waals surface area contributed by atoms with Crippen molar-refractivity contribution in [2.24, 2.45) is 5.92 Å². The fourth-order valence-electron chi connectivity index (χ4n) is 4.29. The van der Waals surface area contributed by atoms with Gasteiger partial charge in [-0.25, -0.2) is 13.1 Å². The van der Waals surface area contributed by atoms with E-state index in [0.717, 1.165) is 10.5 Å². The van der Waals surface area contributed by atoms with Gasteiger partial charge in [0.15, 0.2) is 5.12 Å². The van der Waals surface area contributed by atoms with Gasteiger partial charge in [0.05, 0.1) is 10.9 Å². The van der Waals surface area contributed by atoms with Crippen LogP contribution in [-0.4, -0.2) is 13.5 Å². The Kier molecular flexibility index (Phi) is 9.79. The molecule has 3 aromatic carbocycles. The van der Waals surface area contributed by atoms with Gasteiger partial charge in [-0.2, -0.15) is 0 Å². The molecule has 1 N–H and O–H groups in total. The van der Waals surface area contributed by atoms with Crippen molar-refractivity contribution in [2.45, 2.75) is 82.1 Å². The molecule has 0 bridgehead atoms. The number of carbonyl (C=O) groups is 1. The molecule has 0 saturated heterocycles. The average Bonchev–Trinajstić information content (AvgIpc) is 2.87. The highest BCUT2D eigenvalue weighted by Crippen LogP contribution is 2.41. The normalized spacial score (nSPS) is 13.8. The molecule has 0 radical (unpaired) electrons. The zero-order chi connectivity index (χ0) is 27.3. The van der Waals surface area contributed by atoms with Crippen molar-refractivity contribution in [3.05, 3.63) is 95.1 Å². The van der Waals surface area contributed by atoms with Crippen molar-refractivity contribution in [2.75, 3.05) is 0 Å². The summed E-state index contributed by atoms with van der Waals surface area (Å²) in [6.07, 6.45) is 0. The van der Waals surface area contributed by atoms with Crippen molar-refractivity contribution < 1.29 is 13.2 Å². The van der Waals surface area contributed by atoms with Crippen LogP contribution in [0, 0.1) is 5.92 Å². The van der Waals surface area contributed by atoms with Gasteiger partial charge >= 0.3 is 0 Å². The zero-order valence-corrected chi connectivity index (χ0v) is 24.5. The molecule has 2 unspecified atom stereocenters. The second-order valence-electron chi connectivity index (χ2n) is 10.5. The lowest BCUT2D eigenvalue weighted by Crippen LogP contribution is -2.35. The Balaban J connectivity index is 2.01. The van der Waals surface area contributed by atoms with E-state index in [1.54, 1.807) is 30.3 Å². The molecule has 0 aromatic heterocycles. The first-order chi connectivity index (χ1) is 17.4. The molecular formula is C31H39NO3S2. The van der Waals surface area contributed by atoms with Crippen LogP contribution < -0.4 is 4.72 Å². The van der Waals surface area contributed by atoms with Gasteiger partial charge in [0.2, 0.25) is 10.0 Å². The van der Waals surface area contributed by atoms with Crippen LogP contribution in [0.1, 0.15) is 94.5 Å². The van der Waals surface area contributed by atoms with Gasteiger partial charge in [0.1, 0.15) is 0 Å². The number of hydrogen-bond acceptors (Lipinski definition) is 4. The van der Waals surface area contributed by atoms with Crippen LogP contribution in [0.15, 0.2) is 82.6 Å². The molecule has 3 aromatic rings. The number of nitrogens with one attached hydrogen (secondary N) is 1. The maximum Gasteiger partial charge on any atom is 0.241 e. The molecule has 198 valence electrons. The van der Waals surface area contributed by atoms with Crippen LogP contribution in [0.3, 0.4) is 0 Å². The third-order valence-electron chi connectivity index (χ3n) is 6.65. The molecule has 0 fully saturated rings. The van der Waals surface area contributed by atoms with Crippen molar-refractivity contribution in [1.29, 1.82) is 0 Å². The number of sulfonamides is 1. The van der Waals surface area contributed by atoms with Gasteiger partial charge in [-0.15, -0.1) is 0 Å². The lowest BCUT2D eigenvalue weighted by Gasteiger charge is -2.26. The summed E-state index contributed by atoms with van der Waals surface area (Å²) in [5, 5.41) is -0.0642.